The Balaban J connectivity index is 2.81. The maximum absolute atomic E-state index is 12.0. The summed E-state index contributed by atoms with van der Waals surface area (Å²) in [4.78, 5) is 27.3. The number of aromatic nitrogens is 1. The summed E-state index contributed by atoms with van der Waals surface area (Å²) >= 11 is 0. The van der Waals surface area contributed by atoms with E-state index in [4.69, 9.17) is 0 Å². The number of hydrogen-bond donors (Lipinski definition) is 3. The van der Waals surface area contributed by atoms with E-state index in [0.29, 0.717) is 17.8 Å². The Bertz CT molecular complexity index is 434. The second kappa shape index (κ2) is 6.58. The molecule has 0 fully saturated rings. The largest absolute Gasteiger partial charge is 0.385 e. The number of hydrogen-bond acceptors (Lipinski definition) is 4. The molecule has 0 aliphatic carbocycles. The molecule has 3 N–H and O–H groups in total. The molecule has 0 aromatic carbocycles. The van der Waals surface area contributed by atoms with Crippen molar-refractivity contribution >= 4 is 17.5 Å². The van der Waals surface area contributed by atoms with Crippen LogP contribution < -0.4 is 16.0 Å². The van der Waals surface area contributed by atoms with Gasteiger partial charge in [0.25, 0.3) is 5.91 Å². The fraction of sp³-hybridized carbons (Fsp3) is 0.417. The van der Waals surface area contributed by atoms with Crippen LogP contribution in [0, 0.1) is 0 Å². The van der Waals surface area contributed by atoms with Gasteiger partial charge < -0.3 is 16.0 Å². The highest BCUT2D eigenvalue weighted by Gasteiger charge is 2.17. The molecule has 1 heterocycles. The van der Waals surface area contributed by atoms with E-state index in [9.17, 15) is 9.59 Å². The molecule has 98 valence electrons. The lowest BCUT2D eigenvalue weighted by Gasteiger charge is -2.14. The number of nitrogens with one attached hydrogen (secondary N) is 3. The smallest absolute Gasteiger partial charge is 0.255 e. The molecule has 1 rings (SSSR count). The van der Waals surface area contributed by atoms with E-state index in [0.717, 1.165) is 0 Å². The third-order valence-corrected chi connectivity index (χ3v) is 2.42. The summed E-state index contributed by atoms with van der Waals surface area (Å²) in [5.41, 5.74) is 1.13. The average molecular weight is 250 g/mol. The zero-order chi connectivity index (χ0) is 13.5. The molecule has 0 saturated carbocycles. The van der Waals surface area contributed by atoms with Crippen LogP contribution >= 0.6 is 0 Å². The van der Waals surface area contributed by atoms with E-state index in [-0.39, 0.29) is 11.8 Å². The van der Waals surface area contributed by atoms with E-state index in [2.05, 4.69) is 20.9 Å². The second-order valence-corrected chi connectivity index (χ2v) is 3.76. The van der Waals surface area contributed by atoms with Crippen molar-refractivity contribution in [1.82, 2.24) is 15.6 Å². The molecule has 0 aliphatic heterocycles. The van der Waals surface area contributed by atoms with Crippen LogP contribution in [0.5, 0.6) is 0 Å². The molecule has 0 bridgehead atoms. The van der Waals surface area contributed by atoms with Gasteiger partial charge >= 0.3 is 0 Å². The van der Waals surface area contributed by atoms with Crippen LogP contribution in [0.1, 0.15) is 24.2 Å². The molecule has 1 unspecified atom stereocenters. The molecule has 6 nitrogen and oxygen atoms in total. The van der Waals surface area contributed by atoms with Crippen molar-refractivity contribution in [3.8, 4) is 0 Å². The van der Waals surface area contributed by atoms with Crippen molar-refractivity contribution in [3.63, 3.8) is 0 Å². The van der Waals surface area contributed by atoms with Crippen molar-refractivity contribution in [1.29, 1.82) is 0 Å². The van der Waals surface area contributed by atoms with Crippen LogP contribution in [0.2, 0.25) is 0 Å². The lowest BCUT2D eigenvalue weighted by atomic mass is 10.2. The van der Waals surface area contributed by atoms with E-state index in [1.54, 1.807) is 19.2 Å². The highest BCUT2D eigenvalue weighted by atomic mass is 16.2. The van der Waals surface area contributed by atoms with Crippen LogP contribution in [0.15, 0.2) is 18.5 Å². The highest BCUT2D eigenvalue weighted by molar-refractivity contribution is 6.01. The first-order chi connectivity index (χ1) is 8.60. The van der Waals surface area contributed by atoms with Gasteiger partial charge in [-0.1, -0.05) is 0 Å². The quantitative estimate of drug-likeness (QED) is 0.705. The van der Waals surface area contributed by atoms with Gasteiger partial charge in [-0.05, 0) is 19.9 Å². The Hall–Kier alpha value is -2.11. The SMILES string of the molecule is CCNc1ccncc1C(=O)NC(C)C(=O)NC. The van der Waals surface area contributed by atoms with Gasteiger partial charge in [-0.25, -0.2) is 0 Å². The minimum Gasteiger partial charge on any atom is -0.385 e. The Kier molecular flexibility index (Phi) is 5.10. The number of carbonyl (C=O) groups is 2. The molecule has 2 amide bonds. The number of rotatable bonds is 5. The Labute approximate surface area is 106 Å². The van der Waals surface area contributed by atoms with Crippen molar-refractivity contribution in [3.05, 3.63) is 24.0 Å². The summed E-state index contributed by atoms with van der Waals surface area (Å²) in [6, 6.07) is 1.14. The molecule has 1 atom stereocenters. The molecule has 6 heteroatoms. The molecule has 18 heavy (non-hydrogen) atoms. The minimum absolute atomic E-state index is 0.239. The minimum atomic E-state index is -0.586. The van der Waals surface area contributed by atoms with E-state index < -0.39 is 6.04 Å². The first-order valence-electron chi connectivity index (χ1n) is 5.80. The van der Waals surface area contributed by atoms with E-state index >= 15 is 0 Å². The third-order valence-electron chi connectivity index (χ3n) is 2.42. The van der Waals surface area contributed by atoms with Gasteiger partial charge in [-0.3, -0.25) is 14.6 Å². The maximum Gasteiger partial charge on any atom is 0.255 e. The number of anilines is 1. The summed E-state index contributed by atoms with van der Waals surface area (Å²) in [6.07, 6.45) is 3.08. The number of nitrogens with zero attached hydrogens (tertiary/aromatic N) is 1. The zero-order valence-corrected chi connectivity index (χ0v) is 10.8. The van der Waals surface area contributed by atoms with Gasteiger partial charge in [0.2, 0.25) is 5.91 Å². The monoisotopic (exact) mass is 250 g/mol. The average Bonchev–Trinajstić information content (AvgIpc) is 2.38. The second-order valence-electron chi connectivity index (χ2n) is 3.76. The molecule has 0 spiro atoms. The fourth-order valence-corrected chi connectivity index (χ4v) is 1.48. The van der Waals surface area contributed by atoms with Crippen molar-refractivity contribution < 1.29 is 9.59 Å². The first kappa shape index (κ1) is 14.0. The van der Waals surface area contributed by atoms with Crippen LogP contribution in [0.25, 0.3) is 0 Å². The Morgan fingerprint density at radius 2 is 2.17 bits per heavy atom. The molecule has 0 radical (unpaired) electrons. The third kappa shape index (κ3) is 3.44. The lowest BCUT2D eigenvalue weighted by Crippen LogP contribution is -2.43. The van der Waals surface area contributed by atoms with Gasteiger partial charge in [0.15, 0.2) is 0 Å². The summed E-state index contributed by atoms with van der Waals surface area (Å²) in [6.45, 7) is 4.27. The molecule has 0 saturated heterocycles. The zero-order valence-electron chi connectivity index (χ0n) is 10.8. The van der Waals surface area contributed by atoms with Crippen molar-refractivity contribution in [2.75, 3.05) is 18.9 Å². The summed E-state index contributed by atoms with van der Waals surface area (Å²) in [5.74, 6) is -0.563. The number of likely N-dealkylation sites (N-methyl/N-ethyl adjacent to an activating group) is 1. The summed E-state index contributed by atoms with van der Waals surface area (Å²) in [5, 5.41) is 8.16. The lowest BCUT2D eigenvalue weighted by molar-refractivity contribution is -0.122. The fourth-order valence-electron chi connectivity index (χ4n) is 1.48. The van der Waals surface area contributed by atoms with Crippen molar-refractivity contribution in [2.24, 2.45) is 0 Å². The molecule has 1 aromatic heterocycles. The van der Waals surface area contributed by atoms with E-state index in [1.807, 2.05) is 6.92 Å². The highest BCUT2D eigenvalue weighted by Crippen LogP contribution is 2.13. The molecular weight excluding hydrogens is 232 g/mol. The molecular formula is C12H18N4O2. The van der Waals surface area contributed by atoms with Crippen LogP contribution in [0.4, 0.5) is 5.69 Å². The predicted molar refractivity (Wildman–Crippen MR) is 69.4 cm³/mol. The summed E-state index contributed by atoms with van der Waals surface area (Å²) in [7, 11) is 1.53. The number of pyridine rings is 1. The van der Waals surface area contributed by atoms with E-state index in [1.165, 1.54) is 13.2 Å². The van der Waals surface area contributed by atoms with Gasteiger partial charge in [0, 0.05) is 26.0 Å². The molecule has 0 aliphatic rings. The maximum atomic E-state index is 12.0. The van der Waals surface area contributed by atoms with Crippen molar-refractivity contribution in [2.45, 2.75) is 19.9 Å². The van der Waals surface area contributed by atoms with Gasteiger partial charge in [0.05, 0.1) is 11.3 Å². The Morgan fingerprint density at radius 3 is 2.78 bits per heavy atom. The van der Waals surface area contributed by atoms with Crippen LogP contribution in [0.3, 0.4) is 0 Å². The van der Waals surface area contributed by atoms with Crippen LogP contribution in [-0.4, -0.2) is 36.4 Å². The molecule has 1 aromatic rings. The predicted octanol–water partition coefficient (Wildman–Crippen LogP) is 0.378. The van der Waals surface area contributed by atoms with Gasteiger partial charge in [-0.2, -0.15) is 0 Å². The topological polar surface area (TPSA) is 83.1 Å². The standard InChI is InChI=1S/C12H18N4O2/c1-4-15-10-5-6-14-7-9(10)12(18)16-8(2)11(17)13-3/h5-8H,4H2,1-3H3,(H,13,17)(H,14,15)(H,16,18). The van der Waals surface area contributed by atoms with Gasteiger partial charge in [-0.15, -0.1) is 0 Å². The summed E-state index contributed by atoms with van der Waals surface area (Å²) < 4.78 is 0. The van der Waals surface area contributed by atoms with Gasteiger partial charge in [0.1, 0.15) is 6.04 Å². The normalized spacial score (nSPS) is 11.5. The number of amides is 2. The van der Waals surface area contributed by atoms with Crippen LogP contribution in [-0.2, 0) is 4.79 Å². The number of carbonyl (C=O) groups excluding carboxylic acids is 2. The first-order valence-corrected chi connectivity index (χ1v) is 5.80. The Morgan fingerprint density at radius 1 is 1.44 bits per heavy atom.